The van der Waals surface area contributed by atoms with Crippen LogP contribution in [0.15, 0.2) is 24.3 Å². The van der Waals surface area contributed by atoms with Crippen molar-refractivity contribution in [2.24, 2.45) is 23.5 Å². The van der Waals surface area contributed by atoms with Gasteiger partial charge in [-0.3, -0.25) is 9.59 Å². The van der Waals surface area contributed by atoms with E-state index in [4.69, 9.17) is 5.73 Å². The van der Waals surface area contributed by atoms with Gasteiger partial charge in [0, 0.05) is 25.2 Å². The first-order valence-electron chi connectivity index (χ1n) is 7.94. The second-order valence-corrected chi connectivity index (χ2v) is 6.43. The Morgan fingerprint density at radius 2 is 1.86 bits per heavy atom. The number of amides is 2. The molecule has 2 amide bonds. The molecule has 0 saturated heterocycles. The van der Waals surface area contributed by atoms with Gasteiger partial charge in [0.25, 0.3) is 5.91 Å². The Hall–Kier alpha value is -1.88. The third-order valence-corrected chi connectivity index (χ3v) is 5.19. The molecule has 3 rings (SSSR count). The first-order valence-corrected chi connectivity index (χ1v) is 7.94. The van der Waals surface area contributed by atoms with E-state index >= 15 is 0 Å². The van der Waals surface area contributed by atoms with Crippen molar-refractivity contribution in [2.45, 2.75) is 31.8 Å². The molecule has 2 fully saturated rings. The Bertz CT molecular complexity index is 568. The molecule has 2 aliphatic carbocycles. The number of carbonyl (C=O) groups is 2. The van der Waals surface area contributed by atoms with Gasteiger partial charge >= 0.3 is 0 Å². The number of nitrogens with two attached hydrogens (primary N) is 1. The minimum atomic E-state index is -0.108. The molecular weight excluding hydrogens is 278 g/mol. The molecule has 0 aliphatic heterocycles. The summed E-state index contributed by atoms with van der Waals surface area (Å²) in [7, 11) is 1.61. The van der Waals surface area contributed by atoms with E-state index in [1.165, 1.54) is 6.42 Å². The van der Waals surface area contributed by atoms with Crippen molar-refractivity contribution in [3.63, 3.8) is 0 Å². The topological polar surface area (TPSA) is 84.2 Å². The Labute approximate surface area is 130 Å². The normalized spacial score (nSPS) is 29.4. The fourth-order valence-corrected chi connectivity index (χ4v) is 3.95. The lowest BCUT2D eigenvalue weighted by Gasteiger charge is -2.27. The first-order chi connectivity index (χ1) is 10.6. The average Bonchev–Trinajstić information content (AvgIpc) is 3.13. The van der Waals surface area contributed by atoms with Crippen molar-refractivity contribution in [3.05, 3.63) is 35.4 Å². The molecule has 0 radical (unpaired) electrons. The largest absolute Gasteiger partial charge is 0.355 e. The maximum absolute atomic E-state index is 12.4. The van der Waals surface area contributed by atoms with Crippen LogP contribution < -0.4 is 16.4 Å². The van der Waals surface area contributed by atoms with E-state index in [1.54, 1.807) is 19.2 Å². The van der Waals surface area contributed by atoms with Crippen molar-refractivity contribution < 1.29 is 9.59 Å². The van der Waals surface area contributed by atoms with Gasteiger partial charge in [-0.25, -0.2) is 0 Å². The van der Waals surface area contributed by atoms with E-state index in [2.05, 4.69) is 10.6 Å². The van der Waals surface area contributed by atoms with Gasteiger partial charge < -0.3 is 16.4 Å². The molecule has 5 nitrogen and oxygen atoms in total. The summed E-state index contributed by atoms with van der Waals surface area (Å²) in [6, 6.07) is 7.29. The molecule has 118 valence electrons. The average molecular weight is 301 g/mol. The highest BCUT2D eigenvalue weighted by Crippen LogP contribution is 2.47. The predicted molar refractivity (Wildman–Crippen MR) is 84.0 cm³/mol. The quantitative estimate of drug-likeness (QED) is 0.777. The van der Waals surface area contributed by atoms with Crippen LogP contribution >= 0.6 is 0 Å². The number of rotatable bonds is 4. The lowest BCUT2D eigenvalue weighted by Crippen LogP contribution is -2.45. The van der Waals surface area contributed by atoms with Crippen LogP contribution in [0.3, 0.4) is 0 Å². The minimum absolute atomic E-state index is 0.0226. The van der Waals surface area contributed by atoms with Crippen LogP contribution in [0.25, 0.3) is 0 Å². The summed E-state index contributed by atoms with van der Waals surface area (Å²) in [6.45, 7) is 0.480. The van der Waals surface area contributed by atoms with Gasteiger partial charge in [-0.1, -0.05) is 12.1 Å². The number of hydrogen-bond donors (Lipinski definition) is 3. The van der Waals surface area contributed by atoms with Gasteiger partial charge in [0.05, 0.1) is 5.92 Å². The SMILES string of the molecule is CNC(=O)c1ccc(CNC(=O)C2C3CCC(C3)C2N)cc1. The van der Waals surface area contributed by atoms with Crippen molar-refractivity contribution in [2.75, 3.05) is 7.05 Å². The zero-order valence-electron chi connectivity index (χ0n) is 12.8. The highest BCUT2D eigenvalue weighted by molar-refractivity contribution is 5.93. The lowest BCUT2D eigenvalue weighted by molar-refractivity contribution is -0.127. The van der Waals surface area contributed by atoms with Crippen molar-refractivity contribution in [3.8, 4) is 0 Å². The molecule has 22 heavy (non-hydrogen) atoms. The van der Waals surface area contributed by atoms with Gasteiger partial charge in [-0.05, 0) is 48.8 Å². The number of fused-ring (bicyclic) bond motifs is 2. The third-order valence-electron chi connectivity index (χ3n) is 5.19. The molecule has 0 heterocycles. The van der Waals surface area contributed by atoms with Crippen molar-refractivity contribution in [1.29, 1.82) is 0 Å². The summed E-state index contributed by atoms with van der Waals surface area (Å²) in [4.78, 5) is 23.9. The Morgan fingerprint density at radius 1 is 1.18 bits per heavy atom. The second-order valence-electron chi connectivity index (χ2n) is 6.43. The summed E-state index contributed by atoms with van der Waals surface area (Å²) in [5.74, 6) is 0.950. The van der Waals surface area contributed by atoms with Crippen LogP contribution in [-0.4, -0.2) is 24.9 Å². The number of hydrogen-bond acceptors (Lipinski definition) is 3. The van der Waals surface area contributed by atoms with E-state index < -0.39 is 0 Å². The molecule has 2 aliphatic rings. The molecule has 4 N–H and O–H groups in total. The summed E-state index contributed by atoms with van der Waals surface area (Å²) >= 11 is 0. The van der Waals surface area contributed by atoms with E-state index in [-0.39, 0.29) is 23.8 Å². The molecule has 2 bridgehead atoms. The monoisotopic (exact) mass is 301 g/mol. The fourth-order valence-electron chi connectivity index (χ4n) is 3.95. The summed E-state index contributed by atoms with van der Waals surface area (Å²) in [5, 5.41) is 5.59. The molecule has 4 unspecified atom stereocenters. The summed E-state index contributed by atoms with van der Waals surface area (Å²) < 4.78 is 0. The molecule has 0 aromatic heterocycles. The molecule has 5 heteroatoms. The third kappa shape index (κ3) is 2.73. The van der Waals surface area contributed by atoms with E-state index in [9.17, 15) is 9.59 Å². The zero-order valence-corrected chi connectivity index (χ0v) is 12.8. The van der Waals surface area contributed by atoms with Crippen LogP contribution in [0.1, 0.15) is 35.2 Å². The van der Waals surface area contributed by atoms with E-state index in [0.717, 1.165) is 18.4 Å². The van der Waals surface area contributed by atoms with Crippen LogP contribution in [0.4, 0.5) is 0 Å². The molecule has 2 saturated carbocycles. The predicted octanol–water partition coefficient (Wildman–Crippen LogP) is 1.04. The van der Waals surface area contributed by atoms with Crippen LogP contribution in [0.5, 0.6) is 0 Å². The van der Waals surface area contributed by atoms with Gasteiger partial charge in [0.1, 0.15) is 0 Å². The van der Waals surface area contributed by atoms with Crippen molar-refractivity contribution in [1.82, 2.24) is 10.6 Å². The number of carbonyl (C=O) groups excluding carboxylic acids is 2. The number of nitrogens with one attached hydrogen (secondary N) is 2. The standard InChI is InChI=1S/C17H23N3O2/c1-19-16(21)11-4-2-10(3-5-11)9-20-17(22)14-12-6-7-13(8-12)15(14)18/h2-5,12-15H,6-9,18H2,1H3,(H,19,21)(H,20,22). The maximum atomic E-state index is 12.4. The van der Waals surface area contributed by atoms with Gasteiger partial charge in [0.15, 0.2) is 0 Å². The number of benzene rings is 1. The van der Waals surface area contributed by atoms with Gasteiger partial charge in [-0.15, -0.1) is 0 Å². The molecule has 4 atom stereocenters. The van der Waals surface area contributed by atoms with E-state index in [0.29, 0.717) is 23.9 Å². The highest BCUT2D eigenvalue weighted by atomic mass is 16.2. The molecule has 0 spiro atoms. The Balaban J connectivity index is 1.56. The maximum Gasteiger partial charge on any atom is 0.251 e. The summed E-state index contributed by atoms with van der Waals surface area (Å²) in [5.41, 5.74) is 7.80. The van der Waals surface area contributed by atoms with Crippen molar-refractivity contribution >= 4 is 11.8 Å². The lowest BCUT2D eigenvalue weighted by atomic mass is 9.84. The van der Waals surface area contributed by atoms with E-state index in [1.807, 2.05) is 12.1 Å². The minimum Gasteiger partial charge on any atom is -0.355 e. The first kappa shape index (κ1) is 15.0. The molecular formula is C17H23N3O2. The molecule has 1 aromatic carbocycles. The second kappa shape index (κ2) is 6.08. The molecule has 1 aromatic rings. The van der Waals surface area contributed by atoms with Crippen LogP contribution in [-0.2, 0) is 11.3 Å². The zero-order chi connectivity index (χ0) is 15.7. The Kier molecular flexibility index (Phi) is 4.16. The van der Waals surface area contributed by atoms with Crippen LogP contribution in [0.2, 0.25) is 0 Å². The smallest absolute Gasteiger partial charge is 0.251 e. The highest BCUT2D eigenvalue weighted by Gasteiger charge is 2.48. The van der Waals surface area contributed by atoms with Gasteiger partial charge in [0.2, 0.25) is 5.91 Å². The fraction of sp³-hybridized carbons (Fsp3) is 0.529. The Morgan fingerprint density at radius 3 is 2.45 bits per heavy atom. The van der Waals surface area contributed by atoms with Crippen LogP contribution in [0, 0.1) is 17.8 Å². The van der Waals surface area contributed by atoms with Gasteiger partial charge in [-0.2, -0.15) is 0 Å². The summed E-state index contributed by atoms with van der Waals surface area (Å²) in [6.07, 6.45) is 3.42.